The maximum absolute atomic E-state index is 13.3. The predicted molar refractivity (Wildman–Crippen MR) is 121 cm³/mol. The van der Waals surface area contributed by atoms with Crippen LogP contribution in [0, 0.1) is 0 Å². The van der Waals surface area contributed by atoms with E-state index >= 15 is 0 Å². The van der Waals surface area contributed by atoms with Crippen LogP contribution in [0.3, 0.4) is 0 Å². The Morgan fingerprint density at radius 1 is 1.10 bits per heavy atom. The lowest BCUT2D eigenvalue weighted by atomic mass is 10.1. The standard InChI is InChI=1S/C24H24N4O2S/c29-23(19-9-11-31-16-19)26-13-20-7-8-21-15-28(24(30)17-5-3-10-25-12-17)22-6-2-1-4-18(22)14-27(20)21/h1-6,9-12,16,20-21H,7-8,13-15H2,(H,26,29)/t20-,21+/m1/s1. The summed E-state index contributed by atoms with van der Waals surface area (Å²) in [4.78, 5) is 34.2. The normalized spacial score (nSPS) is 20.6. The van der Waals surface area contributed by atoms with Crippen molar-refractivity contribution in [3.63, 3.8) is 0 Å². The molecule has 2 amide bonds. The van der Waals surface area contributed by atoms with E-state index in [2.05, 4.69) is 21.3 Å². The highest BCUT2D eigenvalue weighted by molar-refractivity contribution is 7.08. The molecule has 7 heteroatoms. The van der Waals surface area contributed by atoms with Crippen molar-refractivity contribution < 1.29 is 9.59 Å². The summed E-state index contributed by atoms with van der Waals surface area (Å²) in [6, 6.07) is 14.1. The summed E-state index contributed by atoms with van der Waals surface area (Å²) >= 11 is 1.53. The molecule has 0 aliphatic carbocycles. The second-order valence-electron chi connectivity index (χ2n) is 8.07. The van der Waals surface area contributed by atoms with Crippen molar-refractivity contribution in [2.45, 2.75) is 31.5 Å². The van der Waals surface area contributed by atoms with Gasteiger partial charge in [0.15, 0.2) is 0 Å². The molecule has 5 rings (SSSR count). The summed E-state index contributed by atoms with van der Waals surface area (Å²) in [5.74, 6) is -0.0371. The van der Waals surface area contributed by atoms with Crippen LogP contribution in [0.15, 0.2) is 65.6 Å². The van der Waals surface area contributed by atoms with Gasteiger partial charge in [0, 0.05) is 60.7 Å². The van der Waals surface area contributed by atoms with E-state index in [0.717, 1.165) is 30.6 Å². The lowest BCUT2D eigenvalue weighted by molar-refractivity contribution is 0.0934. The Labute approximate surface area is 185 Å². The number of nitrogens with zero attached hydrogens (tertiary/aromatic N) is 3. The fourth-order valence-corrected chi connectivity index (χ4v) is 5.28. The third kappa shape index (κ3) is 3.98. The molecule has 0 unspecified atom stereocenters. The predicted octanol–water partition coefficient (Wildman–Crippen LogP) is 3.57. The first-order valence-corrected chi connectivity index (χ1v) is 11.5. The summed E-state index contributed by atoms with van der Waals surface area (Å²) < 4.78 is 0. The molecule has 2 aromatic heterocycles. The Morgan fingerprint density at radius 3 is 2.81 bits per heavy atom. The number of para-hydroxylation sites is 1. The number of fused-ring (bicyclic) bond motifs is 2. The lowest BCUT2D eigenvalue weighted by Crippen LogP contribution is -2.45. The molecule has 0 saturated carbocycles. The zero-order valence-electron chi connectivity index (χ0n) is 17.1. The molecule has 3 aromatic rings. The molecule has 4 heterocycles. The molecular weight excluding hydrogens is 408 g/mol. The smallest absolute Gasteiger partial charge is 0.259 e. The molecule has 6 nitrogen and oxygen atoms in total. The fraction of sp³-hybridized carbons (Fsp3) is 0.292. The highest BCUT2D eigenvalue weighted by Gasteiger charge is 2.39. The van der Waals surface area contributed by atoms with Gasteiger partial charge in [-0.2, -0.15) is 11.3 Å². The van der Waals surface area contributed by atoms with Crippen molar-refractivity contribution in [1.82, 2.24) is 15.2 Å². The monoisotopic (exact) mass is 432 g/mol. The first-order valence-electron chi connectivity index (χ1n) is 10.6. The second-order valence-corrected chi connectivity index (χ2v) is 8.85. The zero-order valence-corrected chi connectivity index (χ0v) is 17.9. The Balaban J connectivity index is 1.37. The average Bonchev–Trinajstić information content (AvgIpc) is 3.44. The van der Waals surface area contributed by atoms with E-state index in [4.69, 9.17) is 0 Å². The van der Waals surface area contributed by atoms with Crippen LogP contribution >= 0.6 is 11.3 Å². The van der Waals surface area contributed by atoms with E-state index in [1.807, 2.05) is 46.0 Å². The maximum Gasteiger partial charge on any atom is 0.259 e. The molecule has 1 saturated heterocycles. The van der Waals surface area contributed by atoms with E-state index in [9.17, 15) is 9.59 Å². The molecule has 0 bridgehead atoms. The Hall–Kier alpha value is -3.03. The van der Waals surface area contributed by atoms with Crippen LogP contribution < -0.4 is 10.2 Å². The average molecular weight is 433 g/mol. The lowest BCUT2D eigenvalue weighted by Gasteiger charge is -2.29. The van der Waals surface area contributed by atoms with Crippen LogP contribution in [0.25, 0.3) is 0 Å². The third-order valence-electron chi connectivity index (χ3n) is 6.24. The number of pyridine rings is 1. The van der Waals surface area contributed by atoms with Crippen LogP contribution in [0.1, 0.15) is 39.1 Å². The van der Waals surface area contributed by atoms with Gasteiger partial charge < -0.3 is 10.2 Å². The summed E-state index contributed by atoms with van der Waals surface area (Å²) in [6.45, 7) is 2.03. The van der Waals surface area contributed by atoms with E-state index < -0.39 is 0 Å². The number of anilines is 1. The number of hydrogen-bond donors (Lipinski definition) is 1. The van der Waals surface area contributed by atoms with Crippen molar-refractivity contribution in [2.24, 2.45) is 0 Å². The minimum atomic E-state index is -0.0201. The Bertz CT molecular complexity index is 1070. The number of benzene rings is 1. The summed E-state index contributed by atoms with van der Waals surface area (Å²) in [6.07, 6.45) is 5.32. The molecule has 158 valence electrons. The van der Waals surface area contributed by atoms with Crippen molar-refractivity contribution in [3.8, 4) is 0 Å². The quantitative estimate of drug-likeness (QED) is 0.685. The van der Waals surface area contributed by atoms with Gasteiger partial charge in [0.1, 0.15) is 0 Å². The molecular formula is C24H24N4O2S. The van der Waals surface area contributed by atoms with Gasteiger partial charge in [0.2, 0.25) is 0 Å². The van der Waals surface area contributed by atoms with Crippen LogP contribution in [0.5, 0.6) is 0 Å². The molecule has 2 atom stereocenters. The van der Waals surface area contributed by atoms with Crippen molar-refractivity contribution in [2.75, 3.05) is 18.0 Å². The highest BCUT2D eigenvalue weighted by Crippen LogP contribution is 2.35. The summed E-state index contributed by atoms with van der Waals surface area (Å²) in [5.41, 5.74) is 3.42. The van der Waals surface area contributed by atoms with Crippen LogP contribution in [0.2, 0.25) is 0 Å². The van der Waals surface area contributed by atoms with Gasteiger partial charge in [-0.25, -0.2) is 0 Å². The molecule has 31 heavy (non-hydrogen) atoms. The molecule has 2 aliphatic rings. The van der Waals surface area contributed by atoms with E-state index in [1.165, 1.54) is 11.3 Å². The number of rotatable bonds is 4. The Kier molecular flexibility index (Phi) is 5.53. The van der Waals surface area contributed by atoms with Crippen LogP contribution in [-0.4, -0.2) is 46.9 Å². The van der Waals surface area contributed by atoms with E-state index in [-0.39, 0.29) is 23.9 Å². The number of amides is 2. The largest absolute Gasteiger partial charge is 0.350 e. The fourth-order valence-electron chi connectivity index (χ4n) is 4.65. The van der Waals surface area contributed by atoms with Gasteiger partial charge >= 0.3 is 0 Å². The SMILES string of the molecule is O=C(NC[C@H]1CC[C@H]2CN(C(=O)c3cccnc3)c3ccccc3CN12)c1ccsc1. The van der Waals surface area contributed by atoms with E-state index in [0.29, 0.717) is 24.2 Å². The first-order chi connectivity index (χ1) is 15.2. The number of carbonyl (C=O) groups is 2. The minimum absolute atomic E-state index is 0.0170. The van der Waals surface area contributed by atoms with Crippen molar-refractivity contribution in [3.05, 3.63) is 82.3 Å². The molecule has 0 radical (unpaired) electrons. The third-order valence-corrected chi connectivity index (χ3v) is 6.92. The first kappa shape index (κ1) is 19.9. The minimum Gasteiger partial charge on any atom is -0.350 e. The van der Waals surface area contributed by atoms with Gasteiger partial charge in [-0.05, 0) is 48.1 Å². The van der Waals surface area contributed by atoms with Gasteiger partial charge in [-0.1, -0.05) is 18.2 Å². The number of thiophene rings is 1. The number of hydrogen-bond acceptors (Lipinski definition) is 5. The van der Waals surface area contributed by atoms with E-state index in [1.54, 1.807) is 18.5 Å². The van der Waals surface area contributed by atoms with Gasteiger partial charge in [0.25, 0.3) is 11.8 Å². The Morgan fingerprint density at radius 2 is 2.00 bits per heavy atom. The number of nitrogens with one attached hydrogen (secondary N) is 1. The van der Waals surface area contributed by atoms with Crippen LogP contribution in [0.4, 0.5) is 5.69 Å². The van der Waals surface area contributed by atoms with Crippen LogP contribution in [-0.2, 0) is 6.54 Å². The van der Waals surface area contributed by atoms with Crippen molar-refractivity contribution >= 4 is 28.8 Å². The molecule has 1 N–H and O–H groups in total. The molecule has 1 fully saturated rings. The topological polar surface area (TPSA) is 65.5 Å². The summed E-state index contributed by atoms with van der Waals surface area (Å²) in [7, 11) is 0. The zero-order chi connectivity index (χ0) is 21.2. The number of carbonyl (C=O) groups excluding carboxylic acids is 2. The number of aromatic nitrogens is 1. The second kappa shape index (κ2) is 8.61. The van der Waals surface area contributed by atoms with Gasteiger partial charge in [-0.15, -0.1) is 0 Å². The molecule has 2 aliphatic heterocycles. The maximum atomic E-state index is 13.3. The van der Waals surface area contributed by atoms with Gasteiger partial charge in [0.05, 0.1) is 5.56 Å². The summed E-state index contributed by atoms with van der Waals surface area (Å²) in [5, 5.41) is 6.89. The molecule has 0 spiro atoms. The van der Waals surface area contributed by atoms with Gasteiger partial charge in [-0.3, -0.25) is 19.5 Å². The highest BCUT2D eigenvalue weighted by atomic mass is 32.1. The van der Waals surface area contributed by atoms with Crippen molar-refractivity contribution in [1.29, 1.82) is 0 Å². The molecule has 1 aromatic carbocycles.